The summed E-state index contributed by atoms with van der Waals surface area (Å²) < 4.78 is 13.0. The molecule has 2 aromatic carbocycles. The highest BCUT2D eigenvalue weighted by molar-refractivity contribution is 5.86. The number of hydrogen-bond acceptors (Lipinski definition) is 3. The molecule has 0 bridgehead atoms. The number of carbonyl (C=O) groups is 1. The van der Waals surface area contributed by atoms with E-state index in [-0.39, 0.29) is 12.4 Å². The first-order valence-electron chi connectivity index (χ1n) is 6.54. The molecule has 4 nitrogen and oxygen atoms in total. The Bertz CT molecular complexity index is 615. The van der Waals surface area contributed by atoms with Crippen molar-refractivity contribution in [1.82, 2.24) is 0 Å². The predicted octanol–water partition coefficient (Wildman–Crippen LogP) is 1.60. The summed E-state index contributed by atoms with van der Waals surface area (Å²) in [6.07, 6.45) is 0. The number of nitrogens with two attached hydrogens (primary N) is 2. The SMILES string of the molecule is CN(CC(N)(C(N)=O)c1ccccc1)c1ccc(F)cc1. The van der Waals surface area contributed by atoms with Crippen LogP contribution < -0.4 is 16.4 Å². The van der Waals surface area contributed by atoms with Gasteiger partial charge in [0, 0.05) is 19.3 Å². The van der Waals surface area contributed by atoms with Gasteiger partial charge in [-0.2, -0.15) is 0 Å². The van der Waals surface area contributed by atoms with E-state index in [2.05, 4.69) is 0 Å². The number of benzene rings is 2. The van der Waals surface area contributed by atoms with E-state index >= 15 is 0 Å². The van der Waals surface area contributed by atoms with Crippen LogP contribution in [0.4, 0.5) is 10.1 Å². The minimum absolute atomic E-state index is 0.192. The number of likely N-dealkylation sites (N-methyl/N-ethyl adjacent to an activating group) is 1. The highest BCUT2D eigenvalue weighted by atomic mass is 19.1. The lowest BCUT2D eigenvalue weighted by Crippen LogP contribution is -2.55. The zero-order chi connectivity index (χ0) is 15.5. The standard InChI is InChI=1S/C16H18FN3O/c1-20(14-9-7-13(17)8-10-14)11-16(19,15(18)21)12-5-3-2-4-6-12/h2-10H,11,19H2,1H3,(H2,18,21). The van der Waals surface area contributed by atoms with Crippen LogP contribution in [0.15, 0.2) is 54.6 Å². The highest BCUT2D eigenvalue weighted by Crippen LogP contribution is 2.22. The molecule has 0 heterocycles. The summed E-state index contributed by atoms with van der Waals surface area (Å²) in [6.45, 7) is 0.192. The van der Waals surface area contributed by atoms with E-state index in [4.69, 9.17) is 11.5 Å². The first kappa shape index (κ1) is 15.0. The van der Waals surface area contributed by atoms with E-state index in [0.29, 0.717) is 5.56 Å². The molecule has 0 fully saturated rings. The second-order valence-corrected chi connectivity index (χ2v) is 5.03. The smallest absolute Gasteiger partial charge is 0.243 e. The van der Waals surface area contributed by atoms with Crippen molar-refractivity contribution in [2.75, 3.05) is 18.5 Å². The number of hydrogen-bond donors (Lipinski definition) is 2. The van der Waals surface area contributed by atoms with E-state index in [1.54, 1.807) is 48.3 Å². The highest BCUT2D eigenvalue weighted by Gasteiger charge is 2.35. The maximum atomic E-state index is 13.0. The molecule has 4 N–H and O–H groups in total. The quantitative estimate of drug-likeness (QED) is 0.877. The van der Waals surface area contributed by atoms with Gasteiger partial charge in [-0.05, 0) is 29.8 Å². The fourth-order valence-electron chi connectivity index (χ4n) is 2.21. The number of amides is 1. The van der Waals surface area contributed by atoms with Gasteiger partial charge in [0.2, 0.25) is 5.91 Å². The fourth-order valence-corrected chi connectivity index (χ4v) is 2.21. The first-order valence-corrected chi connectivity index (χ1v) is 6.54. The third kappa shape index (κ3) is 3.20. The Labute approximate surface area is 123 Å². The molecule has 0 aromatic heterocycles. The number of carbonyl (C=O) groups excluding carboxylic acids is 1. The summed E-state index contributed by atoms with van der Waals surface area (Å²) in [7, 11) is 1.78. The molecular weight excluding hydrogens is 269 g/mol. The molecule has 0 radical (unpaired) electrons. The number of rotatable bonds is 5. The van der Waals surface area contributed by atoms with Gasteiger partial charge >= 0.3 is 0 Å². The van der Waals surface area contributed by atoms with Crippen LogP contribution >= 0.6 is 0 Å². The largest absolute Gasteiger partial charge is 0.372 e. The van der Waals surface area contributed by atoms with Gasteiger partial charge in [0.15, 0.2) is 0 Å². The van der Waals surface area contributed by atoms with Crippen molar-refractivity contribution >= 4 is 11.6 Å². The molecule has 5 heteroatoms. The number of anilines is 1. The van der Waals surface area contributed by atoms with E-state index < -0.39 is 11.4 Å². The van der Waals surface area contributed by atoms with Crippen molar-refractivity contribution < 1.29 is 9.18 Å². The second-order valence-electron chi connectivity index (χ2n) is 5.03. The van der Waals surface area contributed by atoms with Crippen molar-refractivity contribution in [3.05, 3.63) is 66.0 Å². The molecule has 1 unspecified atom stereocenters. The Hall–Kier alpha value is -2.40. The molecule has 2 rings (SSSR count). The molecule has 0 saturated carbocycles. The Morgan fingerprint density at radius 3 is 2.24 bits per heavy atom. The lowest BCUT2D eigenvalue weighted by molar-refractivity contribution is -0.123. The minimum Gasteiger partial charge on any atom is -0.372 e. The lowest BCUT2D eigenvalue weighted by atomic mass is 9.89. The number of halogens is 1. The van der Waals surface area contributed by atoms with E-state index in [1.165, 1.54) is 12.1 Å². The van der Waals surface area contributed by atoms with Crippen molar-refractivity contribution in [3.63, 3.8) is 0 Å². The van der Waals surface area contributed by atoms with E-state index in [9.17, 15) is 9.18 Å². The van der Waals surface area contributed by atoms with Crippen molar-refractivity contribution in [2.45, 2.75) is 5.54 Å². The van der Waals surface area contributed by atoms with Gasteiger partial charge in [-0.1, -0.05) is 30.3 Å². The molecule has 0 aliphatic heterocycles. The third-order valence-electron chi connectivity index (χ3n) is 3.48. The summed E-state index contributed by atoms with van der Waals surface area (Å²) in [5, 5.41) is 0. The van der Waals surface area contributed by atoms with Gasteiger partial charge < -0.3 is 16.4 Å². The van der Waals surface area contributed by atoms with Crippen LogP contribution in [0.2, 0.25) is 0 Å². The normalized spacial score (nSPS) is 13.5. The summed E-state index contributed by atoms with van der Waals surface area (Å²) in [5.41, 5.74) is 11.8. The van der Waals surface area contributed by atoms with Gasteiger partial charge in [-0.15, -0.1) is 0 Å². The Morgan fingerprint density at radius 2 is 1.71 bits per heavy atom. The second kappa shape index (κ2) is 5.93. The van der Waals surface area contributed by atoms with Crippen molar-refractivity contribution in [2.24, 2.45) is 11.5 Å². The number of nitrogens with zero attached hydrogens (tertiary/aromatic N) is 1. The molecule has 21 heavy (non-hydrogen) atoms. The van der Waals surface area contributed by atoms with Gasteiger partial charge in [-0.25, -0.2) is 4.39 Å². The van der Waals surface area contributed by atoms with Crippen LogP contribution in [0.3, 0.4) is 0 Å². The molecule has 0 aliphatic carbocycles. The summed E-state index contributed by atoms with van der Waals surface area (Å²) in [6, 6.07) is 15.0. The molecule has 1 amide bonds. The fraction of sp³-hybridized carbons (Fsp3) is 0.188. The van der Waals surface area contributed by atoms with Gasteiger partial charge in [0.1, 0.15) is 11.4 Å². The lowest BCUT2D eigenvalue weighted by Gasteiger charge is -2.32. The maximum absolute atomic E-state index is 13.0. The molecule has 2 aromatic rings. The maximum Gasteiger partial charge on any atom is 0.243 e. The first-order chi connectivity index (χ1) is 9.93. The zero-order valence-electron chi connectivity index (χ0n) is 11.8. The molecular formula is C16H18FN3O. The van der Waals surface area contributed by atoms with Crippen LogP contribution in [-0.4, -0.2) is 19.5 Å². The predicted molar refractivity (Wildman–Crippen MR) is 81.2 cm³/mol. The monoisotopic (exact) mass is 287 g/mol. The molecule has 110 valence electrons. The van der Waals surface area contributed by atoms with Crippen LogP contribution in [0.5, 0.6) is 0 Å². The van der Waals surface area contributed by atoms with E-state index in [1.807, 2.05) is 6.07 Å². The molecule has 0 aliphatic rings. The topological polar surface area (TPSA) is 72.3 Å². The Kier molecular flexibility index (Phi) is 4.23. The van der Waals surface area contributed by atoms with Crippen molar-refractivity contribution in [1.29, 1.82) is 0 Å². The summed E-state index contributed by atoms with van der Waals surface area (Å²) >= 11 is 0. The molecule has 1 atom stereocenters. The van der Waals surface area contributed by atoms with Crippen molar-refractivity contribution in [3.8, 4) is 0 Å². The molecule has 0 spiro atoms. The summed E-state index contributed by atoms with van der Waals surface area (Å²) in [4.78, 5) is 13.6. The van der Waals surface area contributed by atoms with E-state index in [0.717, 1.165) is 5.69 Å². The summed E-state index contributed by atoms with van der Waals surface area (Å²) in [5.74, 6) is -0.924. The van der Waals surface area contributed by atoms with Crippen LogP contribution in [0, 0.1) is 5.82 Å². The van der Waals surface area contributed by atoms with Crippen LogP contribution in [0.25, 0.3) is 0 Å². The average Bonchev–Trinajstić information content (AvgIpc) is 2.48. The molecule has 0 saturated heterocycles. The Morgan fingerprint density at radius 1 is 1.14 bits per heavy atom. The third-order valence-corrected chi connectivity index (χ3v) is 3.48. The zero-order valence-corrected chi connectivity index (χ0v) is 11.8. The van der Waals surface area contributed by atoms with Gasteiger partial charge in [0.25, 0.3) is 0 Å². The number of primary amides is 1. The van der Waals surface area contributed by atoms with Gasteiger partial charge in [-0.3, -0.25) is 4.79 Å². The minimum atomic E-state index is -1.32. The van der Waals surface area contributed by atoms with Crippen LogP contribution in [-0.2, 0) is 10.3 Å². The van der Waals surface area contributed by atoms with Crippen LogP contribution in [0.1, 0.15) is 5.56 Å². The average molecular weight is 287 g/mol. The Balaban J connectivity index is 2.28. The van der Waals surface area contributed by atoms with Gasteiger partial charge in [0.05, 0.1) is 0 Å².